The van der Waals surface area contributed by atoms with Crippen LogP contribution in [0.4, 0.5) is 0 Å². The zero-order chi connectivity index (χ0) is 15.1. The molecule has 5 nitrogen and oxygen atoms in total. The summed E-state index contributed by atoms with van der Waals surface area (Å²) >= 11 is 1.31. The minimum absolute atomic E-state index is 0. The molecule has 1 aliphatic heterocycles. The zero-order valence-electron chi connectivity index (χ0n) is 12.2. The second-order valence-corrected chi connectivity index (χ2v) is 6.06. The van der Waals surface area contributed by atoms with Crippen molar-refractivity contribution in [3.63, 3.8) is 0 Å². The van der Waals surface area contributed by atoms with Crippen molar-refractivity contribution in [3.8, 4) is 0 Å². The Kier molecular flexibility index (Phi) is 8.48. The Bertz CT molecular complexity index is 487. The number of carbonyl (C=O) groups is 2. The Hall–Kier alpha value is -1.08. The zero-order valence-corrected chi connectivity index (χ0v) is 13.8. The molecule has 3 N–H and O–H groups in total. The van der Waals surface area contributed by atoms with Crippen LogP contribution in [0.25, 0.3) is 0 Å². The summed E-state index contributed by atoms with van der Waals surface area (Å²) in [5.74, 6) is 0.563. The lowest BCUT2D eigenvalue weighted by molar-refractivity contribution is -0.118. The number of aliphatic hydroxyl groups is 1. The second kappa shape index (κ2) is 9.84. The van der Waals surface area contributed by atoms with Crippen LogP contribution in [0.5, 0.6) is 0 Å². The van der Waals surface area contributed by atoms with Gasteiger partial charge in [-0.25, -0.2) is 0 Å². The summed E-state index contributed by atoms with van der Waals surface area (Å²) in [6.07, 6.45) is -0.391. The molecule has 2 atom stereocenters. The quantitative estimate of drug-likeness (QED) is 0.635. The van der Waals surface area contributed by atoms with Crippen molar-refractivity contribution in [1.29, 1.82) is 0 Å². The van der Waals surface area contributed by atoms with Gasteiger partial charge < -0.3 is 15.7 Å². The van der Waals surface area contributed by atoms with Gasteiger partial charge in [-0.2, -0.15) is 0 Å². The summed E-state index contributed by atoms with van der Waals surface area (Å²) in [5.41, 5.74) is 0.672. The molecular formula is C15H21ClN2O3S. The number of thioether (sulfide) groups is 1. The minimum atomic E-state index is -0.391. The van der Waals surface area contributed by atoms with Crippen molar-refractivity contribution in [2.75, 3.05) is 31.1 Å². The third-order valence-corrected chi connectivity index (χ3v) is 4.36. The van der Waals surface area contributed by atoms with Gasteiger partial charge in [0.25, 0.3) is 0 Å². The highest BCUT2D eigenvalue weighted by Gasteiger charge is 2.24. The van der Waals surface area contributed by atoms with E-state index in [1.807, 2.05) is 18.2 Å². The van der Waals surface area contributed by atoms with Crippen LogP contribution in [0.15, 0.2) is 30.3 Å². The molecule has 0 spiro atoms. The van der Waals surface area contributed by atoms with E-state index < -0.39 is 6.10 Å². The molecule has 122 valence electrons. The Morgan fingerprint density at radius 3 is 2.59 bits per heavy atom. The summed E-state index contributed by atoms with van der Waals surface area (Å²) in [7, 11) is 0. The van der Waals surface area contributed by atoms with E-state index >= 15 is 0 Å². The molecule has 1 aliphatic rings. The molecule has 0 aromatic heterocycles. The molecule has 1 aromatic carbocycles. The molecule has 22 heavy (non-hydrogen) atoms. The van der Waals surface area contributed by atoms with Crippen molar-refractivity contribution in [2.24, 2.45) is 5.92 Å². The number of amides is 1. The minimum Gasteiger partial charge on any atom is -0.391 e. The first-order chi connectivity index (χ1) is 10.2. The number of benzene rings is 1. The molecule has 1 aromatic rings. The van der Waals surface area contributed by atoms with E-state index in [4.69, 9.17) is 0 Å². The molecule has 1 saturated heterocycles. The Labute approximate surface area is 140 Å². The summed E-state index contributed by atoms with van der Waals surface area (Å²) in [4.78, 5) is 23.5. The third-order valence-electron chi connectivity index (χ3n) is 3.43. The smallest absolute Gasteiger partial charge is 0.230 e. The summed E-state index contributed by atoms with van der Waals surface area (Å²) < 4.78 is 0. The number of hydrogen-bond donors (Lipinski definition) is 3. The van der Waals surface area contributed by atoms with Crippen LogP contribution >= 0.6 is 24.2 Å². The predicted octanol–water partition coefficient (Wildman–Crippen LogP) is 0.721. The van der Waals surface area contributed by atoms with Gasteiger partial charge in [0.05, 0.1) is 17.6 Å². The number of ketones is 1. The number of aliphatic hydroxyl groups excluding tert-OH is 1. The summed E-state index contributed by atoms with van der Waals surface area (Å²) in [6, 6.07) is 9.07. The maximum Gasteiger partial charge on any atom is 0.230 e. The monoisotopic (exact) mass is 344 g/mol. The molecule has 1 heterocycles. The van der Waals surface area contributed by atoms with E-state index in [2.05, 4.69) is 10.6 Å². The normalized spacial score (nSPS) is 20.2. The molecule has 7 heteroatoms. The van der Waals surface area contributed by atoms with Gasteiger partial charge in [0.1, 0.15) is 0 Å². The van der Waals surface area contributed by atoms with Gasteiger partial charge in [-0.1, -0.05) is 30.3 Å². The summed E-state index contributed by atoms with van der Waals surface area (Å²) in [6.45, 7) is 1.78. The number of Topliss-reactive ketones (excluding diaryl/α,β-unsaturated/α-hetero) is 1. The summed E-state index contributed by atoms with van der Waals surface area (Å²) in [5, 5.41) is 15.5. The molecule has 0 radical (unpaired) electrons. The van der Waals surface area contributed by atoms with Crippen LogP contribution < -0.4 is 10.6 Å². The van der Waals surface area contributed by atoms with Crippen molar-refractivity contribution in [2.45, 2.75) is 6.10 Å². The lowest BCUT2D eigenvalue weighted by atomic mass is 10.1. The van der Waals surface area contributed by atoms with Gasteiger partial charge in [0.15, 0.2) is 5.78 Å². The van der Waals surface area contributed by atoms with Crippen molar-refractivity contribution >= 4 is 35.9 Å². The van der Waals surface area contributed by atoms with Crippen molar-refractivity contribution < 1.29 is 14.7 Å². The standard InChI is InChI=1S/C15H20N2O3S.ClH/c18-13-8-16-6-12(13)7-17-15(20)10-21-9-14(19)11-4-2-1-3-5-11;/h1-5,12-13,16,18H,6-10H2,(H,17,20);1H. The first kappa shape index (κ1) is 19.0. The highest BCUT2D eigenvalue weighted by molar-refractivity contribution is 8.00. The number of hydrogen-bond acceptors (Lipinski definition) is 5. The van der Waals surface area contributed by atoms with Crippen LogP contribution in [0.2, 0.25) is 0 Å². The molecule has 0 saturated carbocycles. The van der Waals surface area contributed by atoms with Crippen LogP contribution in [-0.2, 0) is 4.79 Å². The SMILES string of the molecule is Cl.O=C(CSCC(=O)c1ccccc1)NCC1CNCC1O. The number of β-amino-alcohol motifs (C(OH)–C–C–N with tert-alkyl or cyclic N) is 1. The largest absolute Gasteiger partial charge is 0.391 e. The molecule has 2 rings (SSSR count). The molecule has 2 unspecified atom stereocenters. The van der Waals surface area contributed by atoms with E-state index in [0.29, 0.717) is 24.4 Å². The first-order valence-corrected chi connectivity index (χ1v) is 8.14. The second-order valence-electron chi connectivity index (χ2n) is 5.07. The fraction of sp³-hybridized carbons (Fsp3) is 0.467. The van der Waals surface area contributed by atoms with Crippen LogP contribution in [0, 0.1) is 5.92 Å². The molecule has 1 amide bonds. The van der Waals surface area contributed by atoms with Gasteiger partial charge in [-0.3, -0.25) is 9.59 Å². The van der Waals surface area contributed by atoms with E-state index in [1.54, 1.807) is 12.1 Å². The number of carbonyl (C=O) groups excluding carboxylic acids is 2. The van der Waals surface area contributed by atoms with Crippen LogP contribution in [-0.4, -0.2) is 54.0 Å². The van der Waals surface area contributed by atoms with E-state index in [1.165, 1.54) is 11.8 Å². The number of rotatable bonds is 7. The van der Waals surface area contributed by atoms with Crippen LogP contribution in [0.3, 0.4) is 0 Å². The molecule has 1 fully saturated rings. The first-order valence-electron chi connectivity index (χ1n) is 6.98. The van der Waals surface area contributed by atoms with Gasteiger partial charge in [-0.05, 0) is 0 Å². The van der Waals surface area contributed by atoms with Gasteiger partial charge in [0.2, 0.25) is 5.91 Å². The highest BCUT2D eigenvalue weighted by Crippen LogP contribution is 2.09. The maximum atomic E-state index is 11.8. The fourth-order valence-corrected chi connectivity index (χ4v) is 2.91. The lowest BCUT2D eigenvalue weighted by Crippen LogP contribution is -2.35. The average molecular weight is 345 g/mol. The third kappa shape index (κ3) is 5.96. The average Bonchev–Trinajstić information content (AvgIpc) is 2.91. The fourth-order valence-electron chi connectivity index (χ4n) is 2.17. The molecule has 0 bridgehead atoms. The predicted molar refractivity (Wildman–Crippen MR) is 90.7 cm³/mol. The van der Waals surface area contributed by atoms with Gasteiger partial charge in [-0.15, -0.1) is 24.2 Å². The highest BCUT2D eigenvalue weighted by atomic mass is 35.5. The Morgan fingerprint density at radius 2 is 1.95 bits per heavy atom. The van der Waals surface area contributed by atoms with E-state index in [0.717, 1.165) is 6.54 Å². The topological polar surface area (TPSA) is 78.4 Å². The molecule has 0 aliphatic carbocycles. The lowest BCUT2D eigenvalue weighted by Gasteiger charge is -2.13. The Balaban J connectivity index is 0.00000242. The van der Waals surface area contributed by atoms with E-state index in [-0.39, 0.29) is 35.8 Å². The number of nitrogens with one attached hydrogen (secondary N) is 2. The van der Waals surface area contributed by atoms with Crippen LogP contribution in [0.1, 0.15) is 10.4 Å². The van der Waals surface area contributed by atoms with Gasteiger partial charge in [0, 0.05) is 31.1 Å². The number of halogens is 1. The molecular weight excluding hydrogens is 324 g/mol. The van der Waals surface area contributed by atoms with Crippen molar-refractivity contribution in [1.82, 2.24) is 10.6 Å². The van der Waals surface area contributed by atoms with E-state index in [9.17, 15) is 14.7 Å². The van der Waals surface area contributed by atoms with Crippen molar-refractivity contribution in [3.05, 3.63) is 35.9 Å². The Morgan fingerprint density at radius 1 is 1.23 bits per heavy atom. The maximum absolute atomic E-state index is 11.8. The van der Waals surface area contributed by atoms with Gasteiger partial charge >= 0.3 is 0 Å².